The monoisotopic (exact) mass is 122 g/mol. The van der Waals surface area contributed by atoms with Gasteiger partial charge in [-0.05, 0) is 24.6 Å². The number of phenols is 1. The maximum absolute atomic E-state index is 8.89. The molecule has 47 valence electrons. The van der Waals surface area contributed by atoms with E-state index in [1.54, 1.807) is 12.1 Å². The van der Waals surface area contributed by atoms with Crippen LogP contribution >= 0.6 is 0 Å². The first kappa shape index (κ1) is 5.95. The van der Waals surface area contributed by atoms with Crippen molar-refractivity contribution < 1.29 is 5.11 Å². The van der Waals surface area contributed by atoms with E-state index in [0.717, 1.165) is 5.56 Å². The van der Waals surface area contributed by atoms with Crippen molar-refractivity contribution >= 4 is 5.69 Å². The van der Waals surface area contributed by atoms with E-state index in [-0.39, 0.29) is 5.75 Å². The molecular weight excluding hydrogens is 114 g/mol. The van der Waals surface area contributed by atoms with E-state index in [9.17, 15) is 0 Å². The Balaban J connectivity index is 3.17. The van der Waals surface area contributed by atoms with E-state index in [4.69, 9.17) is 10.8 Å². The molecular formula is C7H8NO. The molecule has 0 saturated carbocycles. The summed E-state index contributed by atoms with van der Waals surface area (Å²) in [4.78, 5) is 0. The van der Waals surface area contributed by atoms with Crippen molar-refractivity contribution in [1.82, 2.24) is 0 Å². The lowest BCUT2D eigenvalue weighted by molar-refractivity contribution is 0.478. The molecule has 0 heterocycles. The molecule has 1 radical (unpaired) electrons. The molecule has 0 aliphatic carbocycles. The number of aromatic hydroxyl groups is 1. The van der Waals surface area contributed by atoms with Gasteiger partial charge >= 0.3 is 0 Å². The first-order valence-electron chi connectivity index (χ1n) is 2.60. The van der Waals surface area contributed by atoms with Crippen LogP contribution in [-0.2, 0) is 0 Å². The highest BCUT2D eigenvalue weighted by Crippen LogP contribution is 2.19. The number of hydrogen-bond acceptors (Lipinski definition) is 2. The Hall–Kier alpha value is -1.18. The molecule has 0 unspecified atom stereocenters. The molecule has 2 heteroatoms. The Morgan fingerprint density at radius 1 is 1.44 bits per heavy atom. The van der Waals surface area contributed by atoms with Crippen LogP contribution < -0.4 is 5.73 Å². The Bertz CT molecular complexity index is 220. The predicted octanol–water partition coefficient (Wildman–Crippen LogP) is 1.16. The highest BCUT2D eigenvalue weighted by molar-refractivity contribution is 5.53. The zero-order valence-corrected chi connectivity index (χ0v) is 4.96. The van der Waals surface area contributed by atoms with E-state index in [1.807, 2.05) is 0 Å². The van der Waals surface area contributed by atoms with Crippen LogP contribution in [0.15, 0.2) is 18.2 Å². The van der Waals surface area contributed by atoms with E-state index in [2.05, 4.69) is 6.92 Å². The summed E-state index contributed by atoms with van der Waals surface area (Å²) < 4.78 is 0. The van der Waals surface area contributed by atoms with Gasteiger partial charge in [0, 0.05) is 0 Å². The lowest BCUT2D eigenvalue weighted by atomic mass is 10.2. The number of nitrogens with two attached hydrogens (primary N) is 1. The van der Waals surface area contributed by atoms with E-state index in [0.29, 0.717) is 5.69 Å². The second-order valence-corrected chi connectivity index (χ2v) is 1.89. The van der Waals surface area contributed by atoms with Crippen molar-refractivity contribution in [2.24, 2.45) is 0 Å². The molecule has 0 aliphatic rings. The minimum absolute atomic E-state index is 0.113. The van der Waals surface area contributed by atoms with Crippen LogP contribution in [0.25, 0.3) is 0 Å². The maximum Gasteiger partial charge on any atom is 0.138 e. The second-order valence-electron chi connectivity index (χ2n) is 1.89. The molecule has 0 aromatic heterocycles. The summed E-state index contributed by atoms with van der Waals surface area (Å²) in [6.45, 7) is 3.63. The third-order valence-electron chi connectivity index (χ3n) is 1.09. The van der Waals surface area contributed by atoms with Gasteiger partial charge in [-0.15, -0.1) is 0 Å². The zero-order chi connectivity index (χ0) is 6.85. The molecule has 3 N–H and O–H groups in total. The number of phenolic OH excluding ortho intramolecular Hbond substituents is 1. The van der Waals surface area contributed by atoms with E-state index < -0.39 is 0 Å². The summed E-state index contributed by atoms with van der Waals surface area (Å²) in [7, 11) is 0. The predicted molar refractivity (Wildman–Crippen MR) is 37.0 cm³/mol. The van der Waals surface area contributed by atoms with Crippen LogP contribution in [0.4, 0.5) is 5.69 Å². The summed E-state index contributed by atoms with van der Waals surface area (Å²) in [5, 5.41) is 8.89. The highest BCUT2D eigenvalue weighted by Gasteiger charge is 1.92. The quantitative estimate of drug-likeness (QED) is 0.400. The number of hydrogen-bond donors (Lipinski definition) is 2. The van der Waals surface area contributed by atoms with Crippen molar-refractivity contribution in [3.8, 4) is 5.75 Å². The lowest BCUT2D eigenvalue weighted by Gasteiger charge is -1.97. The van der Waals surface area contributed by atoms with Gasteiger partial charge < -0.3 is 10.8 Å². The van der Waals surface area contributed by atoms with Gasteiger partial charge in [0.05, 0.1) is 5.69 Å². The van der Waals surface area contributed by atoms with Crippen molar-refractivity contribution in [3.05, 3.63) is 30.7 Å². The fourth-order valence-corrected chi connectivity index (χ4v) is 0.604. The van der Waals surface area contributed by atoms with Crippen LogP contribution in [-0.4, -0.2) is 5.11 Å². The molecule has 9 heavy (non-hydrogen) atoms. The van der Waals surface area contributed by atoms with Gasteiger partial charge in [0.2, 0.25) is 0 Å². The second kappa shape index (κ2) is 1.97. The SMILES string of the molecule is [CH2]c1ccc(O)c(N)c1. The fraction of sp³-hybridized carbons (Fsp3) is 0. The number of anilines is 1. The molecule has 1 aromatic carbocycles. The highest BCUT2D eigenvalue weighted by atomic mass is 16.3. The summed E-state index contributed by atoms with van der Waals surface area (Å²) in [6.07, 6.45) is 0. The number of rotatable bonds is 0. The van der Waals surface area contributed by atoms with Crippen molar-refractivity contribution in [1.29, 1.82) is 0 Å². The Morgan fingerprint density at radius 2 is 2.11 bits per heavy atom. The maximum atomic E-state index is 8.89. The summed E-state index contributed by atoms with van der Waals surface area (Å²) >= 11 is 0. The normalized spacial score (nSPS) is 9.44. The number of benzene rings is 1. The largest absolute Gasteiger partial charge is 0.506 e. The fourth-order valence-electron chi connectivity index (χ4n) is 0.604. The smallest absolute Gasteiger partial charge is 0.138 e. The Labute approximate surface area is 53.9 Å². The third-order valence-corrected chi connectivity index (χ3v) is 1.09. The summed E-state index contributed by atoms with van der Waals surface area (Å²) in [6, 6.07) is 4.85. The van der Waals surface area contributed by atoms with Crippen molar-refractivity contribution in [2.45, 2.75) is 0 Å². The number of nitrogen functional groups attached to an aromatic ring is 1. The minimum Gasteiger partial charge on any atom is -0.506 e. The van der Waals surface area contributed by atoms with Gasteiger partial charge in [-0.25, -0.2) is 0 Å². The summed E-state index contributed by atoms with van der Waals surface area (Å²) in [5.74, 6) is 0.113. The molecule has 2 nitrogen and oxygen atoms in total. The topological polar surface area (TPSA) is 46.2 Å². The molecule has 0 fully saturated rings. The van der Waals surface area contributed by atoms with E-state index >= 15 is 0 Å². The third kappa shape index (κ3) is 1.13. The lowest BCUT2D eigenvalue weighted by Crippen LogP contribution is -1.85. The first-order valence-corrected chi connectivity index (χ1v) is 2.60. The van der Waals surface area contributed by atoms with Gasteiger partial charge in [-0.3, -0.25) is 0 Å². The molecule has 0 atom stereocenters. The van der Waals surface area contributed by atoms with Crippen LogP contribution in [0.5, 0.6) is 5.75 Å². The molecule has 1 rings (SSSR count). The van der Waals surface area contributed by atoms with Crippen molar-refractivity contribution in [2.75, 3.05) is 5.73 Å². The van der Waals surface area contributed by atoms with Gasteiger partial charge in [0.1, 0.15) is 5.75 Å². The first-order chi connectivity index (χ1) is 4.20. The molecule has 0 aliphatic heterocycles. The zero-order valence-electron chi connectivity index (χ0n) is 4.96. The molecule has 0 spiro atoms. The van der Waals surface area contributed by atoms with E-state index in [1.165, 1.54) is 6.07 Å². The van der Waals surface area contributed by atoms with Crippen LogP contribution in [0.2, 0.25) is 0 Å². The molecule has 0 bridgehead atoms. The van der Waals surface area contributed by atoms with Crippen LogP contribution in [0, 0.1) is 6.92 Å². The van der Waals surface area contributed by atoms with Crippen LogP contribution in [0.3, 0.4) is 0 Å². The van der Waals surface area contributed by atoms with Crippen molar-refractivity contribution in [3.63, 3.8) is 0 Å². The van der Waals surface area contributed by atoms with Gasteiger partial charge in [-0.1, -0.05) is 6.07 Å². The van der Waals surface area contributed by atoms with Gasteiger partial charge in [-0.2, -0.15) is 0 Å². The summed E-state index contributed by atoms with van der Waals surface area (Å²) in [5.41, 5.74) is 6.52. The molecule has 0 amide bonds. The minimum atomic E-state index is 0.113. The van der Waals surface area contributed by atoms with Gasteiger partial charge in [0.25, 0.3) is 0 Å². The Morgan fingerprint density at radius 3 is 2.56 bits per heavy atom. The standard InChI is InChI=1S/C7H8NO/c1-5-2-3-7(9)6(8)4-5/h2-4,9H,1,8H2. The average molecular weight is 122 g/mol. The average Bonchev–Trinajstić information content (AvgIpc) is 1.80. The van der Waals surface area contributed by atoms with Crippen LogP contribution in [0.1, 0.15) is 5.56 Å². The Kier molecular flexibility index (Phi) is 1.30. The molecule has 0 saturated heterocycles. The molecule has 1 aromatic rings. The van der Waals surface area contributed by atoms with Gasteiger partial charge in [0.15, 0.2) is 0 Å².